The maximum absolute atomic E-state index is 13.0. The summed E-state index contributed by atoms with van der Waals surface area (Å²) in [6.45, 7) is 9.67. The first-order valence-corrected chi connectivity index (χ1v) is 11.4. The van der Waals surface area contributed by atoms with Crippen LogP contribution in [0.25, 0.3) is 10.4 Å². The van der Waals surface area contributed by atoms with E-state index in [0.29, 0.717) is 0 Å². The molecule has 1 aromatic carbocycles. The molecular weight excluding hydrogens is 483 g/mol. The van der Waals surface area contributed by atoms with Crippen molar-refractivity contribution in [2.75, 3.05) is 6.54 Å². The molecule has 0 saturated carbocycles. The molecule has 4 unspecified atom stereocenters. The molecule has 1 aromatic heterocycles. The zero-order chi connectivity index (χ0) is 22.9. The minimum atomic E-state index is -0.742. The molecule has 1 aliphatic rings. The summed E-state index contributed by atoms with van der Waals surface area (Å²) in [5.74, 6) is -0.581. The van der Waals surface area contributed by atoms with Crippen LogP contribution in [0.1, 0.15) is 51.4 Å². The lowest BCUT2D eigenvalue weighted by Gasteiger charge is -2.32. The van der Waals surface area contributed by atoms with E-state index in [2.05, 4.69) is 10.3 Å². The predicted molar refractivity (Wildman–Crippen MR) is 137 cm³/mol. The zero-order valence-electron chi connectivity index (χ0n) is 19.6. The van der Waals surface area contributed by atoms with Crippen molar-refractivity contribution in [3.63, 3.8) is 0 Å². The number of aliphatic hydroxyl groups excluding tert-OH is 1. The highest BCUT2D eigenvalue weighted by Gasteiger charge is 2.42. The number of rotatable bonds is 5. The summed E-state index contributed by atoms with van der Waals surface area (Å²) in [5, 5.41) is 13.1. The van der Waals surface area contributed by atoms with Crippen LogP contribution in [0.5, 0.6) is 0 Å². The fourth-order valence-corrected chi connectivity index (χ4v) is 4.56. The minimum Gasteiger partial charge on any atom is -0.391 e. The Labute approximate surface area is 212 Å². The number of likely N-dealkylation sites (tertiary alicyclic amines) is 1. The lowest BCUT2D eigenvalue weighted by atomic mass is 9.86. The van der Waals surface area contributed by atoms with E-state index in [1.165, 1.54) is 4.90 Å². The van der Waals surface area contributed by atoms with E-state index in [4.69, 9.17) is 5.73 Å². The topological polar surface area (TPSA) is 109 Å². The second kappa shape index (κ2) is 11.6. The number of halogens is 2. The number of amides is 2. The number of aliphatic hydroxyl groups is 1. The third kappa shape index (κ3) is 6.67. The molecule has 2 amide bonds. The molecule has 2 aromatic rings. The van der Waals surface area contributed by atoms with Gasteiger partial charge in [0, 0.05) is 13.0 Å². The van der Waals surface area contributed by atoms with Crippen molar-refractivity contribution >= 4 is 48.0 Å². The van der Waals surface area contributed by atoms with Gasteiger partial charge in [-0.25, -0.2) is 4.98 Å². The quantitative estimate of drug-likeness (QED) is 0.563. The van der Waals surface area contributed by atoms with E-state index in [-0.39, 0.29) is 55.6 Å². The number of hydrogen-bond donors (Lipinski definition) is 3. The van der Waals surface area contributed by atoms with Gasteiger partial charge >= 0.3 is 0 Å². The van der Waals surface area contributed by atoms with Gasteiger partial charge in [-0.3, -0.25) is 9.59 Å². The van der Waals surface area contributed by atoms with Gasteiger partial charge in [-0.2, -0.15) is 0 Å². The van der Waals surface area contributed by atoms with E-state index >= 15 is 0 Å². The summed E-state index contributed by atoms with van der Waals surface area (Å²) in [6, 6.07) is 6.32. The molecule has 2 heterocycles. The third-order valence-electron chi connectivity index (χ3n) is 5.84. The number of β-amino-alcohol motifs (C(OH)–C–C–N with tert-alkyl or cyclic N) is 1. The van der Waals surface area contributed by atoms with Gasteiger partial charge in [-0.05, 0) is 30.4 Å². The number of benzene rings is 1. The van der Waals surface area contributed by atoms with Crippen LogP contribution >= 0.6 is 36.2 Å². The van der Waals surface area contributed by atoms with E-state index in [9.17, 15) is 14.7 Å². The minimum absolute atomic E-state index is 0. The van der Waals surface area contributed by atoms with Crippen LogP contribution in [-0.2, 0) is 9.59 Å². The molecule has 4 atom stereocenters. The SMILES string of the molecule is Cc1ncsc1-c1ccc(C(C)NC(=O)C2CC(O)CN2C(=O)C(N)C(C)(C)C)cc1.Cl.Cl. The van der Waals surface area contributed by atoms with Crippen LogP contribution in [0, 0.1) is 12.3 Å². The largest absolute Gasteiger partial charge is 0.391 e. The Kier molecular flexibility index (Phi) is 10.3. The van der Waals surface area contributed by atoms with Crippen LogP contribution in [0.4, 0.5) is 0 Å². The van der Waals surface area contributed by atoms with E-state index in [1.807, 2.05) is 64.4 Å². The molecule has 1 saturated heterocycles. The molecule has 0 spiro atoms. The van der Waals surface area contributed by atoms with E-state index in [1.54, 1.807) is 11.3 Å². The molecule has 10 heteroatoms. The monoisotopic (exact) mass is 516 g/mol. The number of carbonyl (C=O) groups excluding carboxylic acids is 2. The van der Waals surface area contributed by atoms with Gasteiger partial charge in [0.2, 0.25) is 11.8 Å². The third-order valence-corrected chi connectivity index (χ3v) is 6.82. The van der Waals surface area contributed by atoms with Crippen LogP contribution in [-0.4, -0.2) is 51.5 Å². The van der Waals surface area contributed by atoms with E-state index in [0.717, 1.165) is 21.7 Å². The molecule has 33 heavy (non-hydrogen) atoms. The van der Waals surface area contributed by atoms with Gasteiger partial charge in [-0.1, -0.05) is 45.0 Å². The molecule has 4 N–H and O–H groups in total. The zero-order valence-corrected chi connectivity index (χ0v) is 22.0. The van der Waals surface area contributed by atoms with Crippen molar-refractivity contribution in [3.8, 4) is 10.4 Å². The van der Waals surface area contributed by atoms with Crippen molar-refractivity contribution in [1.82, 2.24) is 15.2 Å². The fourth-order valence-electron chi connectivity index (χ4n) is 3.75. The molecule has 0 bridgehead atoms. The second-order valence-electron chi connectivity index (χ2n) is 9.36. The number of aryl methyl sites for hydroxylation is 1. The Hall–Kier alpha value is -1.71. The lowest BCUT2D eigenvalue weighted by Crippen LogP contribution is -2.55. The normalized spacial score (nSPS) is 19.8. The highest BCUT2D eigenvalue weighted by atomic mass is 35.5. The van der Waals surface area contributed by atoms with Crippen molar-refractivity contribution in [1.29, 1.82) is 0 Å². The number of aromatic nitrogens is 1. The van der Waals surface area contributed by atoms with E-state index < -0.39 is 23.6 Å². The van der Waals surface area contributed by atoms with Crippen molar-refractivity contribution in [3.05, 3.63) is 41.0 Å². The average Bonchev–Trinajstić information content (AvgIpc) is 3.31. The van der Waals surface area contributed by atoms with Gasteiger partial charge in [0.1, 0.15) is 6.04 Å². The van der Waals surface area contributed by atoms with Gasteiger partial charge in [-0.15, -0.1) is 36.2 Å². The Balaban J connectivity index is 0.00000272. The summed E-state index contributed by atoms with van der Waals surface area (Å²) in [4.78, 5) is 32.7. The smallest absolute Gasteiger partial charge is 0.243 e. The first-order chi connectivity index (χ1) is 14.5. The molecule has 1 aliphatic heterocycles. The second-order valence-corrected chi connectivity index (χ2v) is 10.2. The maximum Gasteiger partial charge on any atom is 0.243 e. The molecule has 3 rings (SSSR count). The Morgan fingerprint density at radius 2 is 1.85 bits per heavy atom. The lowest BCUT2D eigenvalue weighted by molar-refractivity contribution is -0.141. The highest BCUT2D eigenvalue weighted by molar-refractivity contribution is 7.13. The first-order valence-electron chi connectivity index (χ1n) is 10.5. The van der Waals surface area contributed by atoms with Crippen molar-refractivity contribution < 1.29 is 14.7 Å². The Morgan fingerprint density at radius 3 is 2.36 bits per heavy atom. The summed E-state index contributed by atoms with van der Waals surface area (Å²) < 4.78 is 0. The number of hydrogen-bond acceptors (Lipinski definition) is 6. The van der Waals surface area contributed by atoms with Crippen molar-refractivity contribution in [2.24, 2.45) is 11.1 Å². The fraction of sp³-hybridized carbons (Fsp3) is 0.522. The number of thiazole rings is 1. The Bertz CT molecular complexity index is 946. The van der Waals surface area contributed by atoms with Gasteiger partial charge in [0.25, 0.3) is 0 Å². The van der Waals surface area contributed by atoms with Crippen LogP contribution in [0.3, 0.4) is 0 Å². The number of carbonyl (C=O) groups is 2. The summed E-state index contributed by atoms with van der Waals surface area (Å²) in [6.07, 6.45) is -0.519. The molecule has 1 fully saturated rings. The first kappa shape index (κ1) is 29.3. The summed E-state index contributed by atoms with van der Waals surface area (Å²) >= 11 is 1.60. The standard InChI is InChI=1S/C23H32N4O3S.2ClH/c1-13(15-6-8-16(9-7-15)19-14(2)25-12-31-19)26-21(29)18-10-17(28)11-27(18)22(30)20(24)23(3,4)5;;/h6-9,12-13,17-18,20,28H,10-11,24H2,1-5H3,(H,26,29);2*1H. The van der Waals surface area contributed by atoms with Gasteiger partial charge < -0.3 is 21.1 Å². The van der Waals surface area contributed by atoms with Crippen molar-refractivity contribution in [2.45, 2.75) is 65.3 Å². The van der Waals surface area contributed by atoms with Crippen LogP contribution in [0.15, 0.2) is 29.8 Å². The summed E-state index contributed by atoms with van der Waals surface area (Å²) in [7, 11) is 0. The van der Waals surface area contributed by atoms with Crippen LogP contribution < -0.4 is 11.1 Å². The molecular formula is C23H34Cl2N4O3S. The van der Waals surface area contributed by atoms with Crippen LogP contribution in [0.2, 0.25) is 0 Å². The average molecular weight is 518 g/mol. The molecule has 184 valence electrons. The van der Waals surface area contributed by atoms with Gasteiger partial charge in [0.15, 0.2) is 0 Å². The maximum atomic E-state index is 13.0. The molecule has 7 nitrogen and oxygen atoms in total. The Morgan fingerprint density at radius 1 is 1.24 bits per heavy atom. The number of nitrogens with zero attached hydrogens (tertiary/aromatic N) is 2. The molecule has 0 radical (unpaired) electrons. The number of nitrogens with two attached hydrogens (primary N) is 1. The molecule has 0 aliphatic carbocycles. The highest BCUT2D eigenvalue weighted by Crippen LogP contribution is 2.29. The summed E-state index contributed by atoms with van der Waals surface area (Å²) in [5.41, 5.74) is 10.6. The number of nitrogens with one attached hydrogen (secondary N) is 1. The predicted octanol–water partition coefficient (Wildman–Crippen LogP) is 3.47. The van der Waals surface area contributed by atoms with Gasteiger partial charge in [0.05, 0.1) is 34.3 Å².